The number of unbranched alkanes of at least 4 members (excludes halogenated alkanes) is 2. The molecule has 29 heavy (non-hydrogen) atoms. The monoisotopic (exact) mass is 427 g/mol. The number of benzene rings is 1. The molecule has 1 aromatic carbocycles. The van der Waals surface area contributed by atoms with Gasteiger partial charge in [0, 0.05) is 50.2 Å². The van der Waals surface area contributed by atoms with Crippen LogP contribution in [0.25, 0.3) is 0 Å². The highest BCUT2D eigenvalue weighted by atomic mass is 35.5. The summed E-state index contributed by atoms with van der Waals surface area (Å²) < 4.78 is 12.1. The van der Waals surface area contributed by atoms with Gasteiger partial charge in [0.05, 0.1) is 24.8 Å². The average Bonchev–Trinajstić information content (AvgIpc) is 2.71. The summed E-state index contributed by atoms with van der Waals surface area (Å²) in [5, 5.41) is 8.70. The number of piperidine rings is 1. The zero-order valence-corrected chi connectivity index (χ0v) is 17.7. The lowest BCUT2D eigenvalue weighted by Crippen LogP contribution is -2.53. The van der Waals surface area contributed by atoms with Crippen molar-refractivity contribution < 1.29 is 24.2 Å². The second-order valence-corrected chi connectivity index (χ2v) is 7.58. The molecule has 3 N–H and O–H groups in total. The van der Waals surface area contributed by atoms with Crippen LogP contribution in [0.15, 0.2) is 18.2 Å². The minimum absolute atomic E-state index is 0.209. The molecule has 2 rings (SSSR count). The fourth-order valence-electron chi connectivity index (χ4n) is 3.60. The number of nitrogens with two attached hydrogens (primary N) is 1. The van der Waals surface area contributed by atoms with Crippen molar-refractivity contribution in [3.8, 4) is 5.75 Å². The zero-order valence-electron chi connectivity index (χ0n) is 17.0. The summed E-state index contributed by atoms with van der Waals surface area (Å²) in [6.07, 6.45) is 3.17. The normalized spacial score (nSPS) is 19.7. The molecule has 1 fully saturated rings. The molecule has 8 nitrogen and oxygen atoms in total. The van der Waals surface area contributed by atoms with Gasteiger partial charge in [-0.1, -0.05) is 6.42 Å². The van der Waals surface area contributed by atoms with E-state index in [-0.39, 0.29) is 24.5 Å². The molecule has 1 aliphatic heterocycles. The molecule has 9 heteroatoms. The Kier molecular flexibility index (Phi) is 9.00. The van der Waals surface area contributed by atoms with Crippen molar-refractivity contribution in [1.82, 2.24) is 9.32 Å². The van der Waals surface area contributed by atoms with Gasteiger partial charge in [0.25, 0.3) is 5.91 Å². The van der Waals surface area contributed by atoms with Gasteiger partial charge >= 0.3 is 5.97 Å². The highest BCUT2D eigenvalue weighted by Crippen LogP contribution is 2.28. The minimum atomic E-state index is -0.755. The van der Waals surface area contributed by atoms with E-state index in [1.165, 1.54) is 11.5 Å². The summed E-state index contributed by atoms with van der Waals surface area (Å²) in [4.78, 5) is 25.8. The second-order valence-electron chi connectivity index (χ2n) is 7.21. The van der Waals surface area contributed by atoms with Crippen LogP contribution < -0.4 is 10.5 Å². The standard InChI is InChI=1S/C20H30ClN3O5/c1-28-17-12-14(22)7-8-15(17)20(27)24(21)16-9-11-23(13-18(16)29-2)10-5-3-4-6-19(25)26/h7-8,12,16,18H,3-6,9-11,13,22H2,1-2H3,(H,25,26)/t16-,18+/m1/s1. The number of carboxylic acids is 1. The first-order valence-electron chi connectivity index (χ1n) is 9.77. The number of hydrogen-bond donors (Lipinski definition) is 2. The van der Waals surface area contributed by atoms with E-state index in [4.69, 9.17) is 32.1 Å². The molecule has 162 valence electrons. The lowest BCUT2D eigenvalue weighted by molar-refractivity contribution is -0.137. The maximum absolute atomic E-state index is 12.9. The largest absolute Gasteiger partial charge is 0.496 e. The third-order valence-corrected chi connectivity index (χ3v) is 5.62. The van der Waals surface area contributed by atoms with E-state index in [0.717, 1.165) is 25.9 Å². The molecule has 0 radical (unpaired) electrons. The van der Waals surface area contributed by atoms with Gasteiger partial charge in [-0.05, 0) is 37.9 Å². The van der Waals surface area contributed by atoms with Gasteiger partial charge in [0.2, 0.25) is 0 Å². The van der Waals surface area contributed by atoms with Gasteiger partial charge in [-0.25, -0.2) is 4.42 Å². The van der Waals surface area contributed by atoms with Crippen molar-refractivity contribution in [3.05, 3.63) is 23.8 Å². The predicted molar refractivity (Wildman–Crippen MR) is 111 cm³/mol. The number of anilines is 1. The van der Waals surface area contributed by atoms with E-state index in [9.17, 15) is 9.59 Å². The first kappa shape index (κ1) is 23.3. The molecule has 1 aromatic rings. The molecule has 0 saturated carbocycles. The third kappa shape index (κ3) is 6.48. The third-order valence-electron chi connectivity index (χ3n) is 5.22. The Labute approximate surface area is 176 Å². The van der Waals surface area contributed by atoms with Crippen LogP contribution in [0.4, 0.5) is 5.69 Å². The average molecular weight is 428 g/mol. The van der Waals surface area contributed by atoms with Gasteiger partial charge in [0.15, 0.2) is 0 Å². The molecule has 2 atom stereocenters. The Bertz CT molecular complexity index is 703. The zero-order chi connectivity index (χ0) is 21.4. The smallest absolute Gasteiger partial charge is 0.303 e. The maximum atomic E-state index is 12.9. The Hall–Kier alpha value is -2.03. The number of carboxylic acid groups (broad SMARTS) is 1. The number of carbonyl (C=O) groups is 2. The van der Waals surface area contributed by atoms with E-state index >= 15 is 0 Å². The summed E-state index contributed by atoms with van der Waals surface area (Å²) in [6, 6.07) is 4.58. The quantitative estimate of drug-likeness (QED) is 0.336. The van der Waals surface area contributed by atoms with Crippen molar-refractivity contribution in [2.45, 2.75) is 44.2 Å². The Morgan fingerprint density at radius 3 is 2.72 bits per heavy atom. The molecule has 0 bridgehead atoms. The molecule has 0 unspecified atom stereocenters. The highest BCUT2D eigenvalue weighted by molar-refractivity contribution is 6.24. The van der Waals surface area contributed by atoms with Gasteiger partial charge < -0.3 is 25.2 Å². The van der Waals surface area contributed by atoms with Crippen LogP contribution in [0, 0.1) is 0 Å². The van der Waals surface area contributed by atoms with E-state index in [0.29, 0.717) is 36.4 Å². The number of likely N-dealkylation sites (tertiary alicyclic amines) is 1. The number of methoxy groups -OCH3 is 2. The molecule has 1 heterocycles. The number of aliphatic carboxylic acids is 1. The maximum Gasteiger partial charge on any atom is 0.303 e. The van der Waals surface area contributed by atoms with Gasteiger partial charge in [-0.15, -0.1) is 0 Å². The Morgan fingerprint density at radius 1 is 1.31 bits per heavy atom. The van der Waals surface area contributed by atoms with Crippen molar-refractivity contribution in [3.63, 3.8) is 0 Å². The number of rotatable bonds is 10. The number of nitrogens with zero attached hydrogens (tertiary/aromatic N) is 2. The van der Waals surface area contributed by atoms with E-state index in [1.54, 1.807) is 25.3 Å². The molecule has 0 aromatic heterocycles. The summed E-state index contributed by atoms with van der Waals surface area (Å²) in [5.41, 5.74) is 6.62. The number of carbonyl (C=O) groups excluding carboxylic acids is 1. The van der Waals surface area contributed by atoms with E-state index in [1.807, 2.05) is 0 Å². The number of amides is 1. The van der Waals surface area contributed by atoms with Crippen LogP contribution in [-0.4, -0.2) is 72.3 Å². The topological polar surface area (TPSA) is 105 Å². The molecule has 1 aliphatic rings. The minimum Gasteiger partial charge on any atom is -0.496 e. The molecule has 1 saturated heterocycles. The summed E-state index contributed by atoms with van der Waals surface area (Å²) in [6.45, 7) is 2.32. The molecular weight excluding hydrogens is 398 g/mol. The summed E-state index contributed by atoms with van der Waals surface area (Å²) in [7, 11) is 3.10. The van der Waals surface area contributed by atoms with Crippen LogP contribution in [0.3, 0.4) is 0 Å². The van der Waals surface area contributed by atoms with Crippen molar-refractivity contribution in [2.24, 2.45) is 0 Å². The van der Waals surface area contributed by atoms with Crippen LogP contribution in [-0.2, 0) is 9.53 Å². The number of hydrogen-bond acceptors (Lipinski definition) is 6. The van der Waals surface area contributed by atoms with E-state index in [2.05, 4.69) is 4.90 Å². The van der Waals surface area contributed by atoms with Crippen molar-refractivity contribution in [1.29, 1.82) is 0 Å². The Morgan fingerprint density at radius 2 is 2.07 bits per heavy atom. The fraction of sp³-hybridized carbons (Fsp3) is 0.600. The van der Waals surface area contributed by atoms with Crippen molar-refractivity contribution >= 4 is 29.3 Å². The SMILES string of the molecule is COc1cc(N)ccc1C(=O)N(Cl)[C@@H]1CCN(CCCCCC(=O)O)C[C@@H]1OC. The van der Waals surface area contributed by atoms with E-state index < -0.39 is 5.97 Å². The molecule has 0 aliphatic carbocycles. The second kappa shape index (κ2) is 11.2. The van der Waals surface area contributed by atoms with Crippen LogP contribution >= 0.6 is 11.8 Å². The Balaban J connectivity index is 1.93. The number of nitrogen functional groups attached to an aromatic ring is 1. The van der Waals surface area contributed by atoms with Gasteiger partial charge in [-0.3, -0.25) is 9.59 Å². The van der Waals surface area contributed by atoms with Gasteiger partial charge in [-0.2, -0.15) is 0 Å². The molecular formula is C20H30ClN3O5. The lowest BCUT2D eigenvalue weighted by atomic mass is 10.00. The van der Waals surface area contributed by atoms with Crippen LogP contribution in [0.5, 0.6) is 5.75 Å². The van der Waals surface area contributed by atoms with Gasteiger partial charge in [0.1, 0.15) is 5.75 Å². The first-order valence-corrected chi connectivity index (χ1v) is 10.1. The predicted octanol–water partition coefficient (Wildman–Crippen LogP) is 2.61. The summed E-state index contributed by atoms with van der Waals surface area (Å²) in [5.74, 6) is -0.721. The highest BCUT2D eigenvalue weighted by Gasteiger charge is 2.36. The summed E-state index contributed by atoms with van der Waals surface area (Å²) >= 11 is 6.45. The fourth-order valence-corrected chi connectivity index (χ4v) is 3.92. The lowest BCUT2D eigenvalue weighted by Gasteiger charge is -2.40. The van der Waals surface area contributed by atoms with Crippen LogP contribution in [0.1, 0.15) is 42.5 Å². The molecule has 1 amide bonds. The molecule has 0 spiro atoms. The number of ether oxygens (including phenoxy) is 2. The van der Waals surface area contributed by atoms with Crippen LogP contribution in [0.2, 0.25) is 0 Å². The van der Waals surface area contributed by atoms with Crippen molar-refractivity contribution in [2.75, 3.05) is 39.6 Å². The first-order chi connectivity index (χ1) is 13.9. The number of halogens is 1.